The van der Waals surface area contributed by atoms with Crippen LogP contribution in [-0.4, -0.2) is 44.1 Å². The maximum atomic E-state index is 13.1. The second-order valence-corrected chi connectivity index (χ2v) is 8.16. The first-order valence-corrected chi connectivity index (χ1v) is 10.1. The minimum atomic E-state index is 0.0357. The average Bonchev–Trinajstić information content (AvgIpc) is 3.05. The first-order chi connectivity index (χ1) is 13.1. The van der Waals surface area contributed by atoms with E-state index in [4.69, 9.17) is 16.3 Å². The Balaban J connectivity index is 1.55. The van der Waals surface area contributed by atoms with Crippen molar-refractivity contribution in [3.63, 3.8) is 0 Å². The number of nitrogens with zero attached hydrogens (tertiary/aromatic N) is 2. The van der Waals surface area contributed by atoms with E-state index in [0.717, 1.165) is 23.2 Å². The van der Waals surface area contributed by atoms with Gasteiger partial charge in [-0.3, -0.25) is 4.79 Å². The number of ether oxygens (including phenoxy) is 1. The summed E-state index contributed by atoms with van der Waals surface area (Å²) < 4.78 is 6.58. The van der Waals surface area contributed by atoms with E-state index in [9.17, 15) is 4.79 Å². The number of amides is 1. The normalized spacial score (nSPS) is 14.6. The van der Waals surface area contributed by atoms with E-state index in [0.29, 0.717) is 28.7 Å². The van der Waals surface area contributed by atoms with E-state index < -0.39 is 0 Å². The number of hydrogen-bond donors (Lipinski definition) is 0. The van der Waals surface area contributed by atoms with Gasteiger partial charge in [0.05, 0.1) is 7.11 Å². The molecule has 0 aliphatic carbocycles. The fourth-order valence-electron chi connectivity index (χ4n) is 3.60. The molecule has 27 heavy (non-hydrogen) atoms. The molecule has 1 amide bonds. The van der Waals surface area contributed by atoms with Gasteiger partial charge in [-0.05, 0) is 36.8 Å². The minimum Gasteiger partial charge on any atom is -0.494 e. The van der Waals surface area contributed by atoms with E-state index >= 15 is 0 Å². The van der Waals surface area contributed by atoms with Gasteiger partial charge < -0.3 is 14.5 Å². The van der Waals surface area contributed by atoms with Crippen molar-refractivity contribution in [1.29, 1.82) is 0 Å². The summed E-state index contributed by atoms with van der Waals surface area (Å²) >= 11 is 7.59. The van der Waals surface area contributed by atoms with Crippen LogP contribution in [0.25, 0.3) is 10.1 Å². The number of benzene rings is 2. The van der Waals surface area contributed by atoms with Crippen molar-refractivity contribution in [3.05, 3.63) is 57.9 Å². The molecule has 1 aromatic heterocycles. The van der Waals surface area contributed by atoms with Gasteiger partial charge >= 0.3 is 0 Å². The van der Waals surface area contributed by atoms with Gasteiger partial charge in [0.25, 0.3) is 5.91 Å². The topological polar surface area (TPSA) is 32.8 Å². The number of anilines is 1. The standard InChI is InChI=1S/C21H21ClN2O2S/c1-14-5-3-4-6-17(14)23-9-11-24(12-10-23)21(25)20-19(26-2)16-13-15(22)7-8-18(16)27-20/h3-8,13H,9-12H2,1-2H3. The molecular weight excluding hydrogens is 380 g/mol. The molecule has 0 atom stereocenters. The Labute approximate surface area is 167 Å². The number of piperazine rings is 1. The molecule has 0 saturated carbocycles. The van der Waals surface area contributed by atoms with Crippen LogP contribution in [0.2, 0.25) is 5.02 Å². The van der Waals surface area contributed by atoms with Gasteiger partial charge in [0.15, 0.2) is 0 Å². The van der Waals surface area contributed by atoms with Gasteiger partial charge in [-0.15, -0.1) is 11.3 Å². The summed E-state index contributed by atoms with van der Waals surface area (Å²) in [5, 5.41) is 1.54. The smallest absolute Gasteiger partial charge is 0.267 e. The minimum absolute atomic E-state index is 0.0357. The number of para-hydroxylation sites is 1. The summed E-state index contributed by atoms with van der Waals surface area (Å²) in [6.45, 7) is 5.18. The summed E-state index contributed by atoms with van der Waals surface area (Å²) in [4.78, 5) is 18.1. The molecule has 2 heterocycles. The Morgan fingerprint density at radius 1 is 1.11 bits per heavy atom. The van der Waals surface area contributed by atoms with Crippen LogP contribution >= 0.6 is 22.9 Å². The Bertz CT molecular complexity index is 993. The summed E-state index contributed by atoms with van der Waals surface area (Å²) in [5.74, 6) is 0.664. The van der Waals surface area contributed by atoms with Crippen molar-refractivity contribution in [3.8, 4) is 5.75 Å². The van der Waals surface area contributed by atoms with Gasteiger partial charge in [-0.1, -0.05) is 29.8 Å². The lowest BCUT2D eigenvalue weighted by Gasteiger charge is -2.36. The fourth-order valence-corrected chi connectivity index (χ4v) is 4.90. The Hall–Kier alpha value is -2.24. The van der Waals surface area contributed by atoms with Crippen LogP contribution in [0, 0.1) is 6.92 Å². The van der Waals surface area contributed by atoms with Crippen molar-refractivity contribution in [1.82, 2.24) is 4.90 Å². The summed E-state index contributed by atoms with van der Waals surface area (Å²) in [5.41, 5.74) is 2.51. The summed E-state index contributed by atoms with van der Waals surface area (Å²) in [6.07, 6.45) is 0. The SMILES string of the molecule is COc1c(C(=O)N2CCN(c3ccccc3C)CC2)sc2ccc(Cl)cc12. The highest BCUT2D eigenvalue weighted by Crippen LogP contribution is 2.39. The third-order valence-corrected chi connectivity index (χ3v) is 6.40. The molecule has 0 spiro atoms. The first kappa shape index (κ1) is 18.1. The molecule has 1 aliphatic heterocycles. The largest absolute Gasteiger partial charge is 0.494 e. The zero-order valence-electron chi connectivity index (χ0n) is 15.4. The van der Waals surface area contributed by atoms with Gasteiger partial charge in [-0.25, -0.2) is 0 Å². The van der Waals surface area contributed by atoms with Gasteiger partial charge in [-0.2, -0.15) is 0 Å². The zero-order chi connectivity index (χ0) is 19.0. The summed E-state index contributed by atoms with van der Waals surface area (Å²) in [7, 11) is 1.61. The van der Waals surface area contributed by atoms with E-state index in [1.165, 1.54) is 22.6 Å². The van der Waals surface area contributed by atoms with Crippen LogP contribution in [0.4, 0.5) is 5.69 Å². The number of carbonyl (C=O) groups is 1. The zero-order valence-corrected chi connectivity index (χ0v) is 16.9. The van der Waals surface area contributed by atoms with Crippen molar-refractivity contribution in [2.24, 2.45) is 0 Å². The molecule has 0 N–H and O–H groups in total. The van der Waals surface area contributed by atoms with Gasteiger partial charge in [0.1, 0.15) is 10.6 Å². The van der Waals surface area contributed by atoms with Crippen molar-refractivity contribution in [2.45, 2.75) is 6.92 Å². The lowest BCUT2D eigenvalue weighted by atomic mass is 10.1. The molecule has 1 saturated heterocycles. The van der Waals surface area contributed by atoms with Crippen LogP contribution in [-0.2, 0) is 0 Å². The van der Waals surface area contributed by atoms with E-state index in [1.54, 1.807) is 7.11 Å². The Morgan fingerprint density at radius 3 is 2.56 bits per heavy atom. The monoisotopic (exact) mass is 400 g/mol. The van der Waals surface area contributed by atoms with Crippen molar-refractivity contribution < 1.29 is 9.53 Å². The number of methoxy groups -OCH3 is 1. The van der Waals surface area contributed by atoms with Gasteiger partial charge in [0.2, 0.25) is 0 Å². The van der Waals surface area contributed by atoms with E-state index in [1.807, 2.05) is 23.1 Å². The number of rotatable bonds is 3. The number of halogens is 1. The second-order valence-electron chi connectivity index (χ2n) is 6.67. The quantitative estimate of drug-likeness (QED) is 0.631. The maximum absolute atomic E-state index is 13.1. The highest BCUT2D eigenvalue weighted by Gasteiger charge is 2.27. The van der Waals surface area contributed by atoms with Crippen LogP contribution in [0.5, 0.6) is 5.75 Å². The van der Waals surface area contributed by atoms with Gasteiger partial charge in [0, 0.05) is 47.0 Å². The molecule has 6 heteroatoms. The highest BCUT2D eigenvalue weighted by atomic mass is 35.5. The Kier molecular flexibility index (Phi) is 4.98. The predicted octanol–water partition coefficient (Wildman–Crippen LogP) is 4.83. The number of fused-ring (bicyclic) bond motifs is 1. The molecule has 140 valence electrons. The molecule has 2 aromatic carbocycles. The van der Waals surface area contributed by atoms with Crippen LogP contribution in [0.15, 0.2) is 42.5 Å². The molecular formula is C21H21ClN2O2S. The molecule has 3 aromatic rings. The highest BCUT2D eigenvalue weighted by molar-refractivity contribution is 7.21. The predicted molar refractivity (Wildman–Crippen MR) is 113 cm³/mol. The molecule has 1 fully saturated rings. The third-order valence-electron chi connectivity index (χ3n) is 5.03. The van der Waals surface area contributed by atoms with Crippen molar-refractivity contribution >= 4 is 44.6 Å². The second kappa shape index (κ2) is 7.41. The molecule has 0 bridgehead atoms. The Morgan fingerprint density at radius 2 is 1.85 bits per heavy atom. The molecule has 0 unspecified atom stereocenters. The van der Waals surface area contributed by atoms with Crippen molar-refractivity contribution in [2.75, 3.05) is 38.2 Å². The third kappa shape index (κ3) is 3.37. The van der Waals surface area contributed by atoms with Crippen LogP contribution in [0.1, 0.15) is 15.2 Å². The van der Waals surface area contributed by atoms with E-state index in [-0.39, 0.29) is 5.91 Å². The first-order valence-electron chi connectivity index (χ1n) is 8.94. The van der Waals surface area contributed by atoms with Crippen LogP contribution < -0.4 is 9.64 Å². The molecule has 4 rings (SSSR count). The number of thiophene rings is 1. The lowest BCUT2D eigenvalue weighted by molar-refractivity contribution is 0.0749. The average molecular weight is 401 g/mol. The number of aryl methyl sites for hydroxylation is 1. The molecule has 4 nitrogen and oxygen atoms in total. The lowest BCUT2D eigenvalue weighted by Crippen LogP contribution is -2.48. The number of carbonyl (C=O) groups excluding carboxylic acids is 1. The van der Waals surface area contributed by atoms with Crippen LogP contribution in [0.3, 0.4) is 0 Å². The fraction of sp³-hybridized carbons (Fsp3) is 0.286. The maximum Gasteiger partial charge on any atom is 0.267 e. The number of hydrogen-bond acceptors (Lipinski definition) is 4. The summed E-state index contributed by atoms with van der Waals surface area (Å²) in [6, 6.07) is 14.0. The van der Waals surface area contributed by atoms with E-state index in [2.05, 4.69) is 36.1 Å². The molecule has 0 radical (unpaired) electrons. The molecule has 1 aliphatic rings.